The second-order valence-corrected chi connectivity index (χ2v) is 4.27. The summed E-state index contributed by atoms with van der Waals surface area (Å²) < 4.78 is 39.1. The van der Waals surface area contributed by atoms with Gasteiger partial charge in [-0.2, -0.15) is 5.26 Å². The Bertz CT molecular complexity index is 645. The highest BCUT2D eigenvalue weighted by molar-refractivity contribution is 5.31. The summed E-state index contributed by atoms with van der Waals surface area (Å²) in [5, 5.41) is 11.6. The molecule has 20 heavy (non-hydrogen) atoms. The van der Waals surface area contributed by atoms with E-state index in [1.807, 2.05) is 6.07 Å². The molecule has 0 atom stereocenters. The van der Waals surface area contributed by atoms with Gasteiger partial charge in [-0.1, -0.05) is 12.1 Å². The van der Waals surface area contributed by atoms with Crippen LogP contribution in [-0.2, 0) is 13.1 Å². The van der Waals surface area contributed by atoms with Gasteiger partial charge in [0.15, 0.2) is 11.6 Å². The largest absolute Gasteiger partial charge is 0.309 e. The molecule has 0 saturated carbocycles. The van der Waals surface area contributed by atoms with Crippen LogP contribution in [0.15, 0.2) is 36.4 Å². The Morgan fingerprint density at radius 1 is 0.900 bits per heavy atom. The molecule has 102 valence electrons. The average molecular weight is 276 g/mol. The van der Waals surface area contributed by atoms with E-state index in [1.165, 1.54) is 0 Å². The van der Waals surface area contributed by atoms with E-state index in [4.69, 9.17) is 5.26 Å². The van der Waals surface area contributed by atoms with Crippen molar-refractivity contribution in [2.24, 2.45) is 0 Å². The van der Waals surface area contributed by atoms with E-state index < -0.39 is 17.5 Å². The van der Waals surface area contributed by atoms with Crippen molar-refractivity contribution in [3.05, 3.63) is 70.5 Å². The van der Waals surface area contributed by atoms with Crippen LogP contribution in [0, 0.1) is 28.8 Å². The molecule has 0 heterocycles. The maximum Gasteiger partial charge on any atom is 0.161 e. The lowest BCUT2D eigenvalue weighted by Crippen LogP contribution is -2.14. The highest BCUT2D eigenvalue weighted by Gasteiger charge is 2.09. The second-order valence-electron chi connectivity index (χ2n) is 4.27. The summed E-state index contributed by atoms with van der Waals surface area (Å²) in [6.45, 7) is 0.521. The Hall–Kier alpha value is -2.32. The van der Waals surface area contributed by atoms with Crippen LogP contribution in [-0.4, -0.2) is 0 Å². The van der Waals surface area contributed by atoms with E-state index in [2.05, 4.69) is 5.32 Å². The molecule has 2 rings (SSSR count). The Kier molecular flexibility index (Phi) is 4.38. The molecule has 0 unspecified atom stereocenters. The predicted molar refractivity (Wildman–Crippen MR) is 68.0 cm³/mol. The average Bonchev–Trinajstić information content (AvgIpc) is 2.45. The topological polar surface area (TPSA) is 35.8 Å². The number of nitrogens with one attached hydrogen (secondary N) is 1. The van der Waals surface area contributed by atoms with Gasteiger partial charge in [0, 0.05) is 24.7 Å². The normalized spacial score (nSPS) is 10.3. The summed E-state index contributed by atoms with van der Waals surface area (Å²) in [4.78, 5) is 0. The molecule has 0 spiro atoms. The van der Waals surface area contributed by atoms with Crippen molar-refractivity contribution in [3.8, 4) is 6.07 Å². The zero-order chi connectivity index (χ0) is 14.5. The van der Waals surface area contributed by atoms with Crippen molar-refractivity contribution in [1.82, 2.24) is 5.32 Å². The Balaban J connectivity index is 1.96. The standard InChI is InChI=1S/C15H11F3N2/c16-13-6-15(18)14(17)5-12(13)9-20-8-11-3-1-10(7-19)2-4-11/h1-6,20H,8-9H2. The van der Waals surface area contributed by atoms with E-state index in [0.717, 1.165) is 11.6 Å². The van der Waals surface area contributed by atoms with Crippen molar-refractivity contribution in [2.75, 3.05) is 0 Å². The number of nitrogens with zero attached hydrogens (tertiary/aromatic N) is 1. The molecule has 0 bridgehead atoms. The van der Waals surface area contributed by atoms with Gasteiger partial charge < -0.3 is 5.32 Å². The van der Waals surface area contributed by atoms with Gasteiger partial charge in [0.05, 0.1) is 11.6 Å². The van der Waals surface area contributed by atoms with Gasteiger partial charge in [-0.15, -0.1) is 0 Å². The minimum absolute atomic E-state index is 0.0672. The molecule has 0 aliphatic heterocycles. The number of nitriles is 1. The van der Waals surface area contributed by atoms with Crippen LogP contribution in [0.5, 0.6) is 0 Å². The van der Waals surface area contributed by atoms with Crippen LogP contribution in [0.4, 0.5) is 13.2 Å². The maximum atomic E-state index is 13.4. The minimum atomic E-state index is -1.20. The molecule has 0 aliphatic rings. The van der Waals surface area contributed by atoms with Gasteiger partial charge >= 0.3 is 0 Å². The van der Waals surface area contributed by atoms with Gasteiger partial charge in [0.25, 0.3) is 0 Å². The molecule has 2 aromatic rings. The fraction of sp³-hybridized carbons (Fsp3) is 0.133. The maximum absolute atomic E-state index is 13.4. The molecule has 2 aromatic carbocycles. The molecule has 1 N–H and O–H groups in total. The summed E-state index contributed by atoms with van der Waals surface area (Å²) in [5.41, 5.74) is 1.53. The molecule has 0 saturated heterocycles. The second kappa shape index (κ2) is 6.22. The van der Waals surface area contributed by atoms with Crippen molar-refractivity contribution in [3.63, 3.8) is 0 Å². The third-order valence-electron chi connectivity index (χ3n) is 2.82. The molecule has 0 radical (unpaired) electrons. The van der Waals surface area contributed by atoms with Crippen molar-refractivity contribution < 1.29 is 13.2 Å². The highest BCUT2D eigenvalue weighted by Crippen LogP contribution is 2.13. The fourth-order valence-electron chi connectivity index (χ4n) is 1.74. The van der Waals surface area contributed by atoms with Gasteiger partial charge in [-0.05, 0) is 23.8 Å². The van der Waals surface area contributed by atoms with Crippen LogP contribution < -0.4 is 5.32 Å². The number of halogens is 3. The van der Waals surface area contributed by atoms with Crippen molar-refractivity contribution in [1.29, 1.82) is 5.26 Å². The third-order valence-corrected chi connectivity index (χ3v) is 2.82. The molecule has 0 aromatic heterocycles. The van der Waals surface area contributed by atoms with Crippen molar-refractivity contribution >= 4 is 0 Å². The van der Waals surface area contributed by atoms with E-state index in [9.17, 15) is 13.2 Å². The quantitative estimate of drug-likeness (QED) is 0.870. The van der Waals surface area contributed by atoms with Crippen LogP contribution in [0.25, 0.3) is 0 Å². The monoisotopic (exact) mass is 276 g/mol. The number of hydrogen-bond donors (Lipinski definition) is 1. The SMILES string of the molecule is N#Cc1ccc(CNCc2cc(F)c(F)cc2F)cc1. The van der Waals surface area contributed by atoms with Crippen LogP contribution in [0.1, 0.15) is 16.7 Å². The number of benzene rings is 2. The zero-order valence-corrected chi connectivity index (χ0v) is 10.5. The van der Waals surface area contributed by atoms with Gasteiger partial charge in [0.1, 0.15) is 5.82 Å². The van der Waals surface area contributed by atoms with Gasteiger partial charge in [0.2, 0.25) is 0 Å². The summed E-state index contributed by atoms with van der Waals surface area (Å²) >= 11 is 0. The molecule has 2 nitrogen and oxygen atoms in total. The lowest BCUT2D eigenvalue weighted by atomic mass is 10.1. The summed E-state index contributed by atoms with van der Waals surface area (Å²) in [7, 11) is 0. The summed E-state index contributed by atoms with van der Waals surface area (Å²) in [5.74, 6) is -3.05. The summed E-state index contributed by atoms with van der Waals surface area (Å²) in [6, 6.07) is 10.3. The Labute approximate surface area is 114 Å². The van der Waals surface area contributed by atoms with E-state index in [1.54, 1.807) is 24.3 Å². The molecule has 0 fully saturated rings. The first-order valence-corrected chi connectivity index (χ1v) is 5.93. The minimum Gasteiger partial charge on any atom is -0.309 e. The third kappa shape index (κ3) is 3.37. The molecule has 0 amide bonds. The first-order chi connectivity index (χ1) is 9.60. The Morgan fingerprint density at radius 2 is 1.55 bits per heavy atom. The first kappa shape index (κ1) is 14.1. The highest BCUT2D eigenvalue weighted by atomic mass is 19.2. The lowest BCUT2D eigenvalue weighted by Gasteiger charge is -2.07. The molecular weight excluding hydrogens is 265 g/mol. The Morgan fingerprint density at radius 3 is 2.20 bits per heavy atom. The van der Waals surface area contributed by atoms with Crippen molar-refractivity contribution in [2.45, 2.75) is 13.1 Å². The molecular formula is C15H11F3N2. The van der Waals surface area contributed by atoms with Gasteiger partial charge in [-0.3, -0.25) is 0 Å². The van der Waals surface area contributed by atoms with E-state index >= 15 is 0 Å². The number of hydrogen-bond acceptors (Lipinski definition) is 2. The molecule has 0 aliphatic carbocycles. The van der Waals surface area contributed by atoms with E-state index in [0.29, 0.717) is 18.2 Å². The lowest BCUT2D eigenvalue weighted by molar-refractivity contribution is 0.487. The molecule has 5 heteroatoms. The van der Waals surface area contributed by atoms with Crippen LogP contribution >= 0.6 is 0 Å². The van der Waals surface area contributed by atoms with E-state index in [-0.39, 0.29) is 12.1 Å². The van der Waals surface area contributed by atoms with Gasteiger partial charge in [-0.25, -0.2) is 13.2 Å². The fourth-order valence-corrected chi connectivity index (χ4v) is 1.74. The number of rotatable bonds is 4. The van der Waals surface area contributed by atoms with Crippen LogP contribution in [0.3, 0.4) is 0 Å². The predicted octanol–water partition coefficient (Wildman–Crippen LogP) is 3.27. The summed E-state index contributed by atoms with van der Waals surface area (Å²) in [6.07, 6.45) is 0. The van der Waals surface area contributed by atoms with Crippen LogP contribution in [0.2, 0.25) is 0 Å². The smallest absolute Gasteiger partial charge is 0.161 e. The zero-order valence-electron chi connectivity index (χ0n) is 10.5. The first-order valence-electron chi connectivity index (χ1n) is 5.93.